The van der Waals surface area contributed by atoms with Gasteiger partial charge in [0.05, 0.1) is 0 Å². The highest BCUT2D eigenvalue weighted by Crippen LogP contribution is 2.20. The molecule has 0 aliphatic heterocycles. The largest absolute Gasteiger partial charge is 0.437 e. The summed E-state index contributed by atoms with van der Waals surface area (Å²) in [5.74, 6) is 0.625. The first-order valence-corrected chi connectivity index (χ1v) is 7.34. The molecule has 0 aliphatic rings. The summed E-state index contributed by atoms with van der Waals surface area (Å²) in [6.45, 7) is 0. The summed E-state index contributed by atoms with van der Waals surface area (Å²) in [5, 5.41) is 3.10. The molecule has 3 rings (SSSR count). The van der Waals surface area contributed by atoms with Crippen LogP contribution in [0.15, 0.2) is 46.9 Å². The smallest absolute Gasteiger partial charge is 0.220 e. The molecule has 0 aliphatic carbocycles. The predicted octanol–water partition coefficient (Wildman–Crippen LogP) is 4.64. The van der Waals surface area contributed by atoms with Crippen LogP contribution in [0.25, 0.3) is 23.3 Å². The number of aromatic nitrogens is 1. The number of hydrogen-bond donors (Lipinski definition) is 1. The van der Waals surface area contributed by atoms with E-state index in [9.17, 15) is 0 Å². The Morgan fingerprint density at radius 3 is 2.65 bits per heavy atom. The van der Waals surface area contributed by atoms with Crippen LogP contribution in [0.1, 0.15) is 11.5 Å². The number of nitrogens with zero attached hydrogens (tertiary/aromatic N) is 1. The lowest BCUT2D eigenvalue weighted by Gasteiger charge is -1.98. The highest BCUT2D eigenvalue weighted by Gasteiger charge is 2.03. The normalized spacial score (nSPS) is 11.3. The molecule has 1 aromatic heterocycles. The number of rotatable bonds is 3. The van der Waals surface area contributed by atoms with Gasteiger partial charge < -0.3 is 9.73 Å². The van der Waals surface area contributed by atoms with Crippen LogP contribution in [0.5, 0.6) is 0 Å². The summed E-state index contributed by atoms with van der Waals surface area (Å²) in [6.07, 6.45) is 3.89. The molecule has 0 radical (unpaired) electrons. The molecule has 0 spiro atoms. The lowest BCUT2D eigenvalue weighted by molar-refractivity contribution is 0.589. The number of oxazole rings is 1. The van der Waals surface area contributed by atoms with E-state index >= 15 is 0 Å². The molecule has 0 bridgehead atoms. The van der Waals surface area contributed by atoms with Crippen molar-refractivity contribution in [1.82, 2.24) is 4.98 Å². The van der Waals surface area contributed by atoms with E-state index in [1.54, 1.807) is 0 Å². The standard InChI is InChI=1S/C16H13IN2O/c1-18-13-6-2-11(3-7-13)4-9-16-19-14-10-12(17)5-8-15(14)20-16/h2-10,18H,1H3/b9-4+/i17-4. The summed E-state index contributed by atoms with van der Waals surface area (Å²) < 4.78 is 6.83. The fraction of sp³-hybridized carbons (Fsp3) is 0.0625. The van der Waals surface area contributed by atoms with Gasteiger partial charge in [0.1, 0.15) is 5.52 Å². The van der Waals surface area contributed by atoms with Crippen LogP contribution in [-0.4, -0.2) is 12.0 Å². The van der Waals surface area contributed by atoms with E-state index in [-0.39, 0.29) is 0 Å². The van der Waals surface area contributed by atoms with Crippen molar-refractivity contribution in [3.05, 3.63) is 57.5 Å². The molecule has 20 heavy (non-hydrogen) atoms. The Morgan fingerprint density at radius 1 is 1.10 bits per heavy atom. The van der Waals surface area contributed by atoms with Crippen molar-refractivity contribution in [2.45, 2.75) is 0 Å². The minimum absolute atomic E-state index is 0.625. The van der Waals surface area contributed by atoms with E-state index in [0.29, 0.717) is 5.89 Å². The number of nitrogens with one attached hydrogen (secondary N) is 1. The number of halogens is 1. The predicted molar refractivity (Wildman–Crippen MR) is 91.6 cm³/mol. The van der Waals surface area contributed by atoms with E-state index in [2.05, 4.69) is 32.9 Å². The molecule has 4 heteroatoms. The average Bonchev–Trinajstić information content (AvgIpc) is 2.87. The third-order valence-electron chi connectivity index (χ3n) is 2.98. The number of benzene rings is 2. The van der Waals surface area contributed by atoms with Crippen LogP contribution in [0.2, 0.25) is 0 Å². The third kappa shape index (κ3) is 2.85. The second-order valence-electron chi connectivity index (χ2n) is 4.37. The van der Waals surface area contributed by atoms with E-state index < -0.39 is 0 Å². The maximum Gasteiger partial charge on any atom is 0.220 e. The van der Waals surface area contributed by atoms with E-state index in [4.69, 9.17) is 4.42 Å². The van der Waals surface area contributed by atoms with Crippen LogP contribution in [0, 0.1) is 3.57 Å². The monoisotopic (exact) mass is 372 g/mol. The molecular weight excluding hydrogens is 359 g/mol. The Bertz CT molecular complexity index is 760. The van der Waals surface area contributed by atoms with Gasteiger partial charge in [-0.25, -0.2) is 4.98 Å². The van der Waals surface area contributed by atoms with Crippen molar-refractivity contribution >= 4 is 51.5 Å². The van der Waals surface area contributed by atoms with Crippen LogP contribution in [0.3, 0.4) is 0 Å². The first-order valence-electron chi connectivity index (χ1n) is 6.26. The molecule has 3 aromatic rings. The molecule has 0 atom stereocenters. The van der Waals surface area contributed by atoms with Crippen LogP contribution < -0.4 is 5.32 Å². The fourth-order valence-corrected chi connectivity index (χ4v) is 2.39. The number of hydrogen-bond acceptors (Lipinski definition) is 3. The van der Waals surface area contributed by atoms with Crippen molar-refractivity contribution in [2.75, 3.05) is 12.4 Å². The van der Waals surface area contributed by atoms with Crippen molar-refractivity contribution in [2.24, 2.45) is 0 Å². The van der Waals surface area contributed by atoms with E-state index in [1.807, 2.05) is 61.7 Å². The van der Waals surface area contributed by atoms with E-state index in [1.165, 1.54) is 0 Å². The van der Waals surface area contributed by atoms with Gasteiger partial charge in [-0.2, -0.15) is 0 Å². The zero-order valence-electron chi connectivity index (χ0n) is 10.9. The van der Waals surface area contributed by atoms with Gasteiger partial charge in [-0.15, -0.1) is 0 Å². The Hall–Kier alpha value is -1.82. The fourth-order valence-electron chi connectivity index (χ4n) is 1.92. The Kier molecular flexibility index (Phi) is 3.73. The summed E-state index contributed by atoms with van der Waals surface area (Å²) >= 11 is 2.27. The topological polar surface area (TPSA) is 38.1 Å². The zero-order valence-corrected chi connectivity index (χ0v) is 13.1. The van der Waals surface area contributed by atoms with Crippen molar-refractivity contribution in [1.29, 1.82) is 0 Å². The Morgan fingerprint density at radius 2 is 1.90 bits per heavy atom. The second-order valence-corrected chi connectivity index (χ2v) is 5.62. The molecule has 0 fully saturated rings. The molecule has 0 unspecified atom stereocenters. The summed E-state index contributed by atoms with van der Waals surface area (Å²) in [7, 11) is 1.91. The summed E-state index contributed by atoms with van der Waals surface area (Å²) in [5.41, 5.74) is 3.91. The molecule has 3 nitrogen and oxygen atoms in total. The van der Waals surface area contributed by atoms with Gasteiger partial charge >= 0.3 is 0 Å². The summed E-state index contributed by atoms with van der Waals surface area (Å²) in [6, 6.07) is 14.1. The summed E-state index contributed by atoms with van der Waals surface area (Å²) in [4.78, 5) is 4.45. The molecular formula is C16H13IN2O. The van der Waals surface area contributed by atoms with Gasteiger partial charge in [0.25, 0.3) is 0 Å². The van der Waals surface area contributed by atoms with Gasteiger partial charge in [0.2, 0.25) is 5.89 Å². The highest BCUT2D eigenvalue weighted by atomic mass is 123. The van der Waals surface area contributed by atoms with Crippen molar-refractivity contribution in [3.8, 4) is 0 Å². The van der Waals surface area contributed by atoms with Gasteiger partial charge in [0.15, 0.2) is 5.58 Å². The SMILES string of the molecule is CNc1ccc(/C=C/c2nc3cc([123I])ccc3o2)cc1. The lowest BCUT2D eigenvalue weighted by Crippen LogP contribution is -1.86. The minimum atomic E-state index is 0.625. The third-order valence-corrected chi connectivity index (χ3v) is 3.65. The zero-order chi connectivity index (χ0) is 13.9. The first kappa shape index (κ1) is 13.2. The van der Waals surface area contributed by atoms with Crippen LogP contribution >= 0.6 is 22.6 Å². The van der Waals surface area contributed by atoms with Gasteiger partial charge in [-0.3, -0.25) is 0 Å². The van der Waals surface area contributed by atoms with Crippen molar-refractivity contribution < 1.29 is 4.42 Å². The Balaban J connectivity index is 1.85. The van der Waals surface area contributed by atoms with Crippen LogP contribution in [-0.2, 0) is 0 Å². The average molecular weight is 372 g/mol. The van der Waals surface area contributed by atoms with Crippen molar-refractivity contribution in [3.63, 3.8) is 0 Å². The molecule has 100 valence electrons. The van der Waals surface area contributed by atoms with Gasteiger partial charge in [-0.05, 0) is 64.6 Å². The van der Waals surface area contributed by atoms with Crippen LogP contribution in [0.4, 0.5) is 5.69 Å². The molecule has 0 saturated carbocycles. The molecule has 2 aromatic carbocycles. The maximum atomic E-state index is 5.68. The Labute approximate surface area is 130 Å². The van der Waals surface area contributed by atoms with Gasteiger partial charge in [0, 0.05) is 22.4 Å². The molecule has 1 N–H and O–H groups in total. The first-order chi connectivity index (χ1) is 9.74. The molecule has 1 heterocycles. The lowest BCUT2D eigenvalue weighted by atomic mass is 10.2. The van der Waals surface area contributed by atoms with E-state index in [0.717, 1.165) is 25.9 Å². The maximum absolute atomic E-state index is 5.68. The van der Waals surface area contributed by atoms with Gasteiger partial charge in [-0.1, -0.05) is 12.1 Å². The quantitative estimate of drug-likeness (QED) is 0.681. The molecule has 0 amide bonds. The molecule has 0 saturated heterocycles. The number of anilines is 1. The second kappa shape index (κ2) is 5.66. The highest BCUT2D eigenvalue weighted by molar-refractivity contribution is 14.1. The minimum Gasteiger partial charge on any atom is -0.437 e. The number of fused-ring (bicyclic) bond motifs is 1.